The van der Waals surface area contributed by atoms with Crippen LogP contribution < -0.4 is 56.4 Å². The molecule has 19 rings (SSSR count). The van der Waals surface area contributed by atoms with Gasteiger partial charge in [0.05, 0.1) is 121 Å². The molecule has 810 valence electrons. The summed E-state index contributed by atoms with van der Waals surface area (Å²) < 4.78 is 99.2. The number of fused-ring (bicyclic) bond motifs is 3. The monoisotopic (exact) mass is 2330 g/mol. The molecule has 0 spiro atoms. The number of likely N-dealkylation sites (tertiary alicyclic amines) is 1. The number of aliphatic hydroxyl groups is 3. The lowest BCUT2D eigenvalue weighted by molar-refractivity contribution is -0.144. The zero-order valence-corrected chi connectivity index (χ0v) is 96.2. The minimum Gasteiger partial charge on any atom is -1.00 e. The third-order valence-electron chi connectivity index (χ3n) is 29.0. The normalized spacial score (nSPS) is 24.8. The van der Waals surface area contributed by atoms with Crippen molar-refractivity contribution in [3.63, 3.8) is 0 Å². The minimum atomic E-state index is -4.18. The van der Waals surface area contributed by atoms with Gasteiger partial charge in [0, 0.05) is 111 Å². The van der Waals surface area contributed by atoms with E-state index in [1.807, 2.05) is 102 Å². The number of urea groups is 1. The fraction of sp³-hybridized carbons (Fsp3) is 0.594. The van der Waals surface area contributed by atoms with Gasteiger partial charge in [0.1, 0.15) is 51.0 Å². The van der Waals surface area contributed by atoms with Crippen LogP contribution in [0.15, 0.2) is 115 Å². The van der Waals surface area contributed by atoms with E-state index in [1.54, 1.807) is 43.9 Å². The molecular formula is C106H145B2Cl8F3IN11O15S. The number of pyridine rings is 5. The lowest BCUT2D eigenvalue weighted by Crippen LogP contribution is -3.00. The molecule has 12 atom stereocenters. The number of rotatable bonds is 19. The van der Waals surface area contributed by atoms with Crippen LogP contribution in [0.2, 0.25) is 40.7 Å². The first kappa shape index (κ1) is 123. The standard InChI is InChI=1S/C28H38N4O3.C21H29BF3NO3.C14H19ClN2O2.C11H19BO3.C11H11Cl2NO.C10H9Cl2NO.C5H2Cl3N.C3H9NO.C3H9OS.HI/c1-4-20-7-9-32(15-20)27(34)30-23-6-5-18(2)24(13-23)21-11-25(28-8-10-35-17-22(28)14-28)31-26(12-21)29-19(3)16-33;1-13-6-9-16(11-17(13)22-28-19(2,3)20(4,5)29-22)26-18(27)15-8-7-14(10-15)12-21(23,24)25;1-9(7-18)16-13-5-11(15)4-12(17-13)14-2-3-19-8-10(14)6-14;1-10(2)11(3,4)15-12(14-10)9-5-7-13-8-6-9;12-8-3-9(14-10(13)4-8)11-1-2-15-6-7(11)5-11;11-8-5-9(13-10(12)6-8)7-1-3-14-4-2-7;6-3-1-4(7)9-5(8)2-3;1-3(4)2-5;1-5(2,3)4;/h5-6,11-13,19-20,22,33H,4,7-10,14-17H2,1-3H3,(H,29,31)(H,30,34);6,9,11,14-15H,7-8,10,12H2,1-5H3,(H,26,27);4-5,9-10,18H,2-3,6-8H2,1H3,(H,16,17);5H,6-8H2,1-4H3;3-4,7H,1-2,5-6H2;1,5-6H,2-4H2;1-2H;3,5H,2,4H2,1H3;1-3H3;1H/q;;;;;;;;+1;/p-1/t19-,20-,22?,28?;14-,15?;9-,10?,14?;;;;;3-;;/m111....1../s1. The first-order chi connectivity index (χ1) is 68.7. The topological polar surface area (TPSA) is 337 Å². The number of aliphatic hydroxyl groups excluding tert-OH is 3. The van der Waals surface area contributed by atoms with Gasteiger partial charge in [0.25, 0.3) is 0 Å². The number of aromatic nitrogens is 5. The van der Waals surface area contributed by atoms with Crippen molar-refractivity contribution >= 4 is 163 Å². The number of anilines is 4. The Labute approximate surface area is 924 Å². The number of hydrogen-bond donors (Lipinski definition) is 8. The van der Waals surface area contributed by atoms with Gasteiger partial charge in [-0.2, -0.15) is 13.2 Å². The average Bonchev–Trinajstić information content (AvgIpc) is 1.57. The van der Waals surface area contributed by atoms with Gasteiger partial charge in [-0.1, -0.05) is 136 Å². The molecule has 12 aliphatic rings. The molecule has 0 radical (unpaired) electrons. The number of nitrogens with two attached hydrogens (primary N) is 1. The van der Waals surface area contributed by atoms with Gasteiger partial charge in [-0.15, -0.1) is 4.21 Å². The maximum absolute atomic E-state index is 12.9. The SMILES string of the molecule is CC1(C)OB(C2=CCOCC2)OC1(C)C.CC[C@@H]1CCN(C(=O)Nc2ccc(C)c(-c3cc(N[C@H](C)CO)nc(C45CCOCC4C5)c3)c2)C1.C[C@@H](N)CO.C[C@H](CO)Nc1cc(Cl)cc(C23CCOCC2C3)n1.C[S+](C)(C)=O.Cc1ccc(NC(=O)C2CC[C@@H](CC(F)(F)F)C2)cc1B1OC(C)(C)C(C)(C)O1.Clc1cc(Cl)nc(C23CCOCC2C3)c1.Clc1cc(Cl)nc(C2=CCOCC2)c1.Clc1cc(Cl)nc(Cl)c1.[I-]. The lowest BCUT2D eigenvalue weighted by atomic mass is 9.75. The van der Waals surface area contributed by atoms with Crippen LogP contribution in [0.25, 0.3) is 16.7 Å². The minimum absolute atomic E-state index is 0. The molecule has 0 bridgehead atoms. The van der Waals surface area contributed by atoms with Gasteiger partial charge >= 0.3 is 26.4 Å². The number of alkyl halides is 3. The van der Waals surface area contributed by atoms with Crippen LogP contribution in [-0.4, -0.2) is 236 Å². The van der Waals surface area contributed by atoms with Crippen LogP contribution in [-0.2, 0) is 77.5 Å². The molecular weight excluding hydrogens is 2190 g/mol. The Morgan fingerprint density at radius 3 is 1.44 bits per heavy atom. The number of carbonyl (C=O) groups excluding carboxylic acids is 2. The summed E-state index contributed by atoms with van der Waals surface area (Å²) in [6.07, 6.45) is 15.9. The molecule has 5 aromatic heterocycles. The molecule has 147 heavy (non-hydrogen) atoms. The summed E-state index contributed by atoms with van der Waals surface area (Å²) in [5, 5.41) is 43.3. The molecule has 7 aromatic rings. The van der Waals surface area contributed by atoms with Crippen molar-refractivity contribution in [1.82, 2.24) is 29.8 Å². The van der Waals surface area contributed by atoms with Gasteiger partial charge in [-0.25, -0.2) is 29.7 Å². The predicted octanol–water partition coefficient (Wildman–Crippen LogP) is 19.6. The maximum Gasteiger partial charge on any atom is 0.495 e. The van der Waals surface area contributed by atoms with E-state index in [9.17, 15) is 32.1 Å². The number of aryl methyl sites for hydroxylation is 2. The lowest BCUT2D eigenvalue weighted by Gasteiger charge is -2.32. The smallest absolute Gasteiger partial charge is 0.495 e. The Hall–Kier alpha value is -5.39. The molecule has 10 fully saturated rings. The molecule has 13 heterocycles. The van der Waals surface area contributed by atoms with Crippen LogP contribution in [0, 0.1) is 49.4 Å². The molecule has 8 aliphatic heterocycles. The summed E-state index contributed by atoms with van der Waals surface area (Å²) in [7, 11) is -2.14. The highest BCUT2D eigenvalue weighted by molar-refractivity contribution is 8.01. The van der Waals surface area contributed by atoms with Crippen molar-refractivity contribution < 1.29 is 109 Å². The number of nitrogens with one attached hydrogen (secondary N) is 4. The zero-order chi connectivity index (χ0) is 107. The molecule has 4 saturated carbocycles. The fourth-order valence-electron chi connectivity index (χ4n) is 18.8. The summed E-state index contributed by atoms with van der Waals surface area (Å²) in [6, 6.07) is 29.6. The van der Waals surface area contributed by atoms with Crippen LogP contribution >= 0.6 is 92.8 Å². The second-order valence-corrected chi connectivity index (χ2v) is 49.4. The Balaban J connectivity index is 0.000000179. The van der Waals surface area contributed by atoms with E-state index < -0.39 is 46.8 Å². The Morgan fingerprint density at radius 2 is 0.986 bits per heavy atom. The number of ether oxygens (including phenoxy) is 5. The van der Waals surface area contributed by atoms with E-state index >= 15 is 0 Å². The van der Waals surface area contributed by atoms with Crippen molar-refractivity contribution in [2.45, 2.75) is 250 Å². The summed E-state index contributed by atoms with van der Waals surface area (Å²) in [5.74, 6) is 2.79. The van der Waals surface area contributed by atoms with E-state index in [1.165, 1.54) is 17.6 Å². The second kappa shape index (κ2) is 54.3. The van der Waals surface area contributed by atoms with Gasteiger partial charge < -0.3 is 113 Å². The van der Waals surface area contributed by atoms with Crippen LogP contribution in [0.4, 0.5) is 41.0 Å². The maximum atomic E-state index is 12.9. The zero-order valence-electron chi connectivity index (χ0n) is 87.2. The van der Waals surface area contributed by atoms with Crippen LogP contribution in [0.3, 0.4) is 0 Å². The highest BCUT2D eigenvalue weighted by atomic mass is 127. The number of amides is 3. The summed E-state index contributed by atoms with van der Waals surface area (Å²) >= 11 is 46.3. The average molecular weight is 2330 g/mol. The molecule has 26 nitrogen and oxygen atoms in total. The van der Waals surface area contributed by atoms with E-state index in [-0.39, 0.29) is 121 Å². The third-order valence-corrected chi connectivity index (χ3v) is 30.7. The predicted molar refractivity (Wildman–Crippen MR) is 583 cm³/mol. The molecule has 6 saturated heterocycles. The quantitative estimate of drug-likeness (QED) is 0.0161. The molecule has 7 unspecified atom stereocenters. The van der Waals surface area contributed by atoms with Crippen LogP contribution in [0.5, 0.6) is 0 Å². The van der Waals surface area contributed by atoms with Gasteiger partial charge in [-0.3, -0.25) is 4.79 Å². The van der Waals surface area contributed by atoms with Crippen molar-refractivity contribution in [2.24, 2.45) is 41.2 Å². The molecule has 4 aliphatic carbocycles. The highest BCUT2D eigenvalue weighted by Gasteiger charge is 2.61. The second-order valence-electron chi connectivity index (χ2n) is 42.6. The number of hydrogen-bond acceptors (Lipinski definition) is 23. The fourth-order valence-corrected chi connectivity index (χ4v) is 20.7. The molecule has 41 heteroatoms. The Bertz CT molecular complexity index is 5570. The Morgan fingerprint density at radius 1 is 0.537 bits per heavy atom. The largest absolute Gasteiger partial charge is 1.00 e. The first-order valence-electron chi connectivity index (χ1n) is 50.2. The van der Waals surface area contributed by atoms with Crippen molar-refractivity contribution in [2.75, 3.05) is 139 Å². The van der Waals surface area contributed by atoms with Crippen molar-refractivity contribution in [3.05, 3.63) is 189 Å². The van der Waals surface area contributed by atoms with Crippen molar-refractivity contribution in [1.29, 1.82) is 0 Å². The number of nitrogens with zero attached hydrogens (tertiary/aromatic N) is 6. The van der Waals surface area contributed by atoms with Crippen LogP contribution in [0.1, 0.15) is 207 Å². The number of benzene rings is 2. The first-order valence-corrected chi connectivity index (χ1v) is 56.0. The molecule has 3 amide bonds. The number of halogens is 12. The van der Waals surface area contributed by atoms with Gasteiger partial charge in [0.15, 0.2) is 0 Å². The van der Waals surface area contributed by atoms with Crippen molar-refractivity contribution in [3.8, 4) is 11.1 Å². The Kier molecular flexibility index (Phi) is 45.6. The molecule has 2 aromatic carbocycles. The molecule has 9 N–H and O–H groups in total. The van der Waals surface area contributed by atoms with E-state index in [0.717, 1.165) is 204 Å². The number of carbonyl (C=O) groups is 2. The summed E-state index contributed by atoms with van der Waals surface area (Å²) in [5.41, 5.74) is 17.1. The van der Waals surface area contributed by atoms with E-state index in [4.69, 9.17) is 161 Å². The van der Waals surface area contributed by atoms with E-state index in [2.05, 4.69) is 108 Å². The summed E-state index contributed by atoms with van der Waals surface area (Å²) in [4.78, 5) is 49.4. The summed E-state index contributed by atoms with van der Waals surface area (Å²) in [6.45, 7) is 37.6. The van der Waals surface area contributed by atoms with E-state index in [0.29, 0.717) is 96.1 Å². The van der Waals surface area contributed by atoms with Gasteiger partial charge in [-0.05, 0) is 315 Å². The highest BCUT2D eigenvalue weighted by Crippen LogP contribution is 2.61. The third kappa shape index (κ3) is 35.8. The van der Waals surface area contributed by atoms with Gasteiger partial charge in [0.2, 0.25) is 5.91 Å².